The summed E-state index contributed by atoms with van der Waals surface area (Å²) in [4.78, 5) is 0. The molecule has 1 heterocycles. The third-order valence-corrected chi connectivity index (χ3v) is 3.24. The smallest absolute Gasteiger partial charge is 0.0448 e. The topological polar surface area (TPSA) is 24.1 Å². The van der Waals surface area contributed by atoms with Crippen LogP contribution in [0.1, 0.15) is 11.6 Å². The highest BCUT2D eigenvalue weighted by Gasteiger charge is 2.14. The van der Waals surface area contributed by atoms with Crippen LogP contribution in [0.5, 0.6) is 0 Å². The highest BCUT2D eigenvalue weighted by atomic mass is 79.9. The largest absolute Gasteiger partial charge is 0.314 e. The standard InChI is InChI=1S/C10H12Br2N2.ClH/c11-8-3-7(4-9(12)5-8)10-6-13-1-2-14-10;/h3-5,10,13-14H,1-2,6H2;1H/t10-;/m1./s1. The summed E-state index contributed by atoms with van der Waals surface area (Å²) < 4.78 is 2.24. The van der Waals surface area contributed by atoms with Gasteiger partial charge in [0.2, 0.25) is 0 Å². The highest BCUT2D eigenvalue weighted by Crippen LogP contribution is 2.24. The molecule has 5 heteroatoms. The molecule has 0 bridgehead atoms. The van der Waals surface area contributed by atoms with Gasteiger partial charge in [-0.2, -0.15) is 0 Å². The summed E-state index contributed by atoms with van der Waals surface area (Å²) in [6.45, 7) is 3.10. The van der Waals surface area contributed by atoms with Gasteiger partial charge in [-0.3, -0.25) is 0 Å². The average molecular weight is 356 g/mol. The number of benzene rings is 1. The molecule has 0 spiro atoms. The molecule has 1 saturated heterocycles. The van der Waals surface area contributed by atoms with Gasteiger partial charge < -0.3 is 10.6 Å². The molecule has 1 aliphatic rings. The summed E-state index contributed by atoms with van der Waals surface area (Å²) in [6.07, 6.45) is 0. The Labute approximate surface area is 113 Å². The molecule has 0 aliphatic carbocycles. The molecule has 0 saturated carbocycles. The van der Waals surface area contributed by atoms with E-state index < -0.39 is 0 Å². The normalized spacial score (nSPS) is 20.8. The number of hydrogen-bond acceptors (Lipinski definition) is 2. The van der Waals surface area contributed by atoms with Crippen molar-refractivity contribution in [2.75, 3.05) is 19.6 Å². The van der Waals surface area contributed by atoms with Crippen LogP contribution in [0.4, 0.5) is 0 Å². The first-order valence-electron chi connectivity index (χ1n) is 4.66. The molecular weight excluding hydrogens is 343 g/mol. The Morgan fingerprint density at radius 3 is 2.27 bits per heavy atom. The van der Waals surface area contributed by atoms with Crippen LogP contribution >= 0.6 is 44.3 Å². The molecule has 1 atom stereocenters. The number of nitrogens with one attached hydrogen (secondary N) is 2. The fourth-order valence-corrected chi connectivity index (χ4v) is 2.99. The van der Waals surface area contributed by atoms with Crippen LogP contribution < -0.4 is 10.6 Å². The minimum atomic E-state index is 0. The molecule has 0 radical (unpaired) electrons. The molecule has 2 N–H and O–H groups in total. The first-order valence-corrected chi connectivity index (χ1v) is 6.24. The molecule has 2 nitrogen and oxygen atoms in total. The average Bonchev–Trinajstić information content (AvgIpc) is 2.18. The van der Waals surface area contributed by atoms with Crippen molar-refractivity contribution >= 4 is 44.3 Å². The van der Waals surface area contributed by atoms with E-state index in [1.54, 1.807) is 0 Å². The number of piperazine rings is 1. The van der Waals surface area contributed by atoms with Crippen molar-refractivity contribution in [3.8, 4) is 0 Å². The summed E-state index contributed by atoms with van der Waals surface area (Å²) in [7, 11) is 0. The van der Waals surface area contributed by atoms with Crippen LogP contribution in [-0.2, 0) is 0 Å². The number of halogens is 3. The predicted molar refractivity (Wildman–Crippen MR) is 72.7 cm³/mol. The molecule has 0 aromatic heterocycles. The van der Waals surface area contributed by atoms with Gasteiger partial charge in [0.15, 0.2) is 0 Å². The van der Waals surface area contributed by atoms with Crippen LogP contribution in [-0.4, -0.2) is 19.6 Å². The molecule has 1 fully saturated rings. The number of rotatable bonds is 1. The van der Waals surface area contributed by atoms with Gasteiger partial charge in [0.1, 0.15) is 0 Å². The Kier molecular flexibility index (Phi) is 5.57. The second kappa shape index (κ2) is 6.21. The van der Waals surface area contributed by atoms with Crippen molar-refractivity contribution in [1.82, 2.24) is 10.6 Å². The lowest BCUT2D eigenvalue weighted by Gasteiger charge is -2.25. The minimum Gasteiger partial charge on any atom is -0.314 e. The van der Waals surface area contributed by atoms with Crippen LogP contribution in [0, 0.1) is 0 Å². The van der Waals surface area contributed by atoms with E-state index in [-0.39, 0.29) is 12.4 Å². The van der Waals surface area contributed by atoms with Crippen LogP contribution in [0.25, 0.3) is 0 Å². The van der Waals surface area contributed by atoms with Crippen molar-refractivity contribution in [3.05, 3.63) is 32.7 Å². The molecule has 1 aromatic carbocycles. The quantitative estimate of drug-likeness (QED) is 0.809. The van der Waals surface area contributed by atoms with Crippen LogP contribution in [0.15, 0.2) is 27.1 Å². The van der Waals surface area contributed by atoms with E-state index in [0.29, 0.717) is 6.04 Å². The van der Waals surface area contributed by atoms with E-state index >= 15 is 0 Å². The second-order valence-electron chi connectivity index (χ2n) is 3.41. The Morgan fingerprint density at radius 1 is 1.07 bits per heavy atom. The maximum atomic E-state index is 3.50. The third kappa shape index (κ3) is 3.71. The van der Waals surface area contributed by atoms with Gasteiger partial charge >= 0.3 is 0 Å². The zero-order chi connectivity index (χ0) is 9.97. The summed E-state index contributed by atoms with van der Waals surface area (Å²) in [5.41, 5.74) is 1.32. The van der Waals surface area contributed by atoms with Crippen molar-refractivity contribution in [2.24, 2.45) is 0 Å². The maximum absolute atomic E-state index is 3.50. The fraction of sp³-hybridized carbons (Fsp3) is 0.400. The van der Waals surface area contributed by atoms with E-state index in [2.05, 4.69) is 60.7 Å². The SMILES string of the molecule is Brc1cc(Br)cc([C@H]2CNCCN2)c1.Cl. The molecule has 84 valence electrons. The molecule has 1 aliphatic heterocycles. The van der Waals surface area contributed by atoms with Gasteiger partial charge in [-0.15, -0.1) is 12.4 Å². The Bertz CT molecular complexity index is 307. The molecule has 1 aromatic rings. The van der Waals surface area contributed by atoms with E-state index in [1.807, 2.05) is 0 Å². The van der Waals surface area contributed by atoms with E-state index in [9.17, 15) is 0 Å². The first kappa shape index (κ1) is 13.5. The summed E-state index contributed by atoms with van der Waals surface area (Å²) >= 11 is 7.00. The summed E-state index contributed by atoms with van der Waals surface area (Å²) in [5, 5.41) is 6.86. The van der Waals surface area contributed by atoms with Gasteiger partial charge in [0.25, 0.3) is 0 Å². The lowest BCUT2D eigenvalue weighted by atomic mass is 10.1. The molecule has 0 unspecified atom stereocenters. The third-order valence-electron chi connectivity index (χ3n) is 2.33. The zero-order valence-electron chi connectivity index (χ0n) is 8.09. The van der Waals surface area contributed by atoms with Crippen molar-refractivity contribution in [2.45, 2.75) is 6.04 Å². The zero-order valence-corrected chi connectivity index (χ0v) is 12.1. The van der Waals surface area contributed by atoms with Gasteiger partial charge in [-0.25, -0.2) is 0 Å². The second-order valence-corrected chi connectivity index (χ2v) is 5.24. The number of hydrogen-bond donors (Lipinski definition) is 2. The van der Waals surface area contributed by atoms with E-state index in [1.165, 1.54) is 5.56 Å². The van der Waals surface area contributed by atoms with Gasteiger partial charge in [0.05, 0.1) is 0 Å². The lowest BCUT2D eigenvalue weighted by Crippen LogP contribution is -2.42. The highest BCUT2D eigenvalue weighted by molar-refractivity contribution is 9.11. The van der Waals surface area contributed by atoms with Crippen LogP contribution in [0.2, 0.25) is 0 Å². The Balaban J connectivity index is 0.00000112. The van der Waals surface area contributed by atoms with Crippen molar-refractivity contribution in [1.29, 1.82) is 0 Å². The molecule has 2 rings (SSSR count). The minimum absolute atomic E-state index is 0. The predicted octanol–water partition coefficient (Wildman–Crippen LogP) is 2.87. The van der Waals surface area contributed by atoms with Gasteiger partial charge in [-0.1, -0.05) is 31.9 Å². The van der Waals surface area contributed by atoms with E-state index in [0.717, 1.165) is 28.6 Å². The van der Waals surface area contributed by atoms with E-state index in [4.69, 9.17) is 0 Å². The Morgan fingerprint density at radius 2 is 1.73 bits per heavy atom. The fourth-order valence-electron chi connectivity index (χ4n) is 1.67. The Hall–Kier alpha value is 0.390. The molecule has 15 heavy (non-hydrogen) atoms. The van der Waals surface area contributed by atoms with Gasteiger partial charge in [-0.05, 0) is 23.8 Å². The monoisotopic (exact) mass is 354 g/mol. The maximum Gasteiger partial charge on any atom is 0.0448 e. The molecule has 0 amide bonds. The van der Waals surface area contributed by atoms with Crippen molar-refractivity contribution < 1.29 is 0 Å². The van der Waals surface area contributed by atoms with Crippen LogP contribution in [0.3, 0.4) is 0 Å². The van der Waals surface area contributed by atoms with Crippen molar-refractivity contribution in [3.63, 3.8) is 0 Å². The summed E-state index contributed by atoms with van der Waals surface area (Å²) in [5.74, 6) is 0. The summed E-state index contributed by atoms with van der Waals surface area (Å²) in [6, 6.07) is 6.81. The first-order chi connectivity index (χ1) is 6.75. The molecular formula is C10H13Br2ClN2. The van der Waals surface area contributed by atoms with Gasteiger partial charge in [0, 0.05) is 34.6 Å². The lowest BCUT2D eigenvalue weighted by molar-refractivity contribution is 0.430.